The SMILES string of the molecule is CCOC(=O)c1nc(C(=O)NC2CCNCC2)cs1. The maximum Gasteiger partial charge on any atom is 0.367 e. The molecule has 104 valence electrons. The molecule has 1 aliphatic heterocycles. The number of aromatic nitrogens is 1. The van der Waals surface area contributed by atoms with E-state index in [-0.39, 0.29) is 22.7 Å². The van der Waals surface area contributed by atoms with Crippen molar-refractivity contribution < 1.29 is 14.3 Å². The lowest BCUT2D eigenvalue weighted by atomic mass is 10.1. The van der Waals surface area contributed by atoms with Gasteiger partial charge in [0.15, 0.2) is 0 Å². The molecule has 7 heteroatoms. The molecule has 0 aromatic carbocycles. The van der Waals surface area contributed by atoms with E-state index in [1.165, 1.54) is 0 Å². The number of amides is 1. The zero-order chi connectivity index (χ0) is 13.7. The van der Waals surface area contributed by atoms with Crippen LogP contribution in [-0.4, -0.2) is 42.6 Å². The molecular weight excluding hydrogens is 266 g/mol. The molecule has 1 fully saturated rings. The number of carbonyl (C=O) groups excluding carboxylic acids is 2. The molecule has 1 amide bonds. The first-order chi connectivity index (χ1) is 9.20. The Bertz CT molecular complexity index is 455. The summed E-state index contributed by atoms with van der Waals surface area (Å²) in [6, 6.07) is 0.182. The molecule has 0 atom stereocenters. The van der Waals surface area contributed by atoms with Crippen LogP contribution in [0.4, 0.5) is 0 Å². The van der Waals surface area contributed by atoms with Gasteiger partial charge in [-0.1, -0.05) is 0 Å². The van der Waals surface area contributed by atoms with Gasteiger partial charge in [-0.25, -0.2) is 9.78 Å². The average Bonchev–Trinajstić information content (AvgIpc) is 2.90. The second kappa shape index (κ2) is 6.63. The molecule has 0 bridgehead atoms. The number of carbonyl (C=O) groups is 2. The van der Waals surface area contributed by atoms with Gasteiger partial charge in [0.25, 0.3) is 5.91 Å². The van der Waals surface area contributed by atoms with Gasteiger partial charge < -0.3 is 15.4 Å². The lowest BCUT2D eigenvalue weighted by Gasteiger charge is -2.23. The van der Waals surface area contributed by atoms with Crippen molar-refractivity contribution >= 4 is 23.2 Å². The lowest BCUT2D eigenvalue weighted by Crippen LogP contribution is -2.42. The van der Waals surface area contributed by atoms with Crippen molar-refractivity contribution in [1.29, 1.82) is 0 Å². The van der Waals surface area contributed by atoms with Gasteiger partial charge in [-0.3, -0.25) is 4.79 Å². The first-order valence-corrected chi connectivity index (χ1v) is 7.23. The van der Waals surface area contributed by atoms with E-state index >= 15 is 0 Å². The molecule has 0 aliphatic carbocycles. The van der Waals surface area contributed by atoms with Crippen molar-refractivity contribution in [3.63, 3.8) is 0 Å². The van der Waals surface area contributed by atoms with Gasteiger partial charge >= 0.3 is 5.97 Å². The number of piperidine rings is 1. The van der Waals surface area contributed by atoms with Gasteiger partial charge in [-0.2, -0.15) is 0 Å². The second-order valence-electron chi connectivity index (χ2n) is 4.26. The van der Waals surface area contributed by atoms with E-state index in [1.54, 1.807) is 12.3 Å². The molecule has 6 nitrogen and oxygen atoms in total. The fraction of sp³-hybridized carbons (Fsp3) is 0.583. The summed E-state index contributed by atoms with van der Waals surface area (Å²) >= 11 is 1.13. The van der Waals surface area contributed by atoms with E-state index in [0.717, 1.165) is 37.3 Å². The third kappa shape index (κ3) is 3.74. The van der Waals surface area contributed by atoms with Crippen LogP contribution in [0.3, 0.4) is 0 Å². The van der Waals surface area contributed by atoms with Crippen LogP contribution in [0, 0.1) is 0 Å². The smallest absolute Gasteiger partial charge is 0.367 e. The van der Waals surface area contributed by atoms with Crippen LogP contribution >= 0.6 is 11.3 Å². The summed E-state index contributed by atoms with van der Waals surface area (Å²) in [4.78, 5) is 27.4. The van der Waals surface area contributed by atoms with Crippen LogP contribution < -0.4 is 10.6 Å². The highest BCUT2D eigenvalue weighted by Crippen LogP contribution is 2.12. The Balaban J connectivity index is 1.93. The van der Waals surface area contributed by atoms with Crippen LogP contribution in [0.5, 0.6) is 0 Å². The summed E-state index contributed by atoms with van der Waals surface area (Å²) in [5.41, 5.74) is 0.284. The lowest BCUT2D eigenvalue weighted by molar-refractivity contribution is 0.0526. The fourth-order valence-corrected chi connectivity index (χ4v) is 2.58. The summed E-state index contributed by atoms with van der Waals surface area (Å²) in [6.07, 6.45) is 1.83. The molecule has 0 spiro atoms. The summed E-state index contributed by atoms with van der Waals surface area (Å²) in [5.74, 6) is -0.702. The Morgan fingerprint density at radius 3 is 2.95 bits per heavy atom. The number of hydrogen-bond acceptors (Lipinski definition) is 6. The average molecular weight is 283 g/mol. The molecule has 0 radical (unpaired) electrons. The molecule has 19 heavy (non-hydrogen) atoms. The molecule has 1 saturated heterocycles. The Hall–Kier alpha value is -1.47. The number of hydrogen-bond donors (Lipinski definition) is 2. The van der Waals surface area contributed by atoms with Crippen molar-refractivity contribution in [3.8, 4) is 0 Å². The fourth-order valence-electron chi connectivity index (χ4n) is 1.89. The van der Waals surface area contributed by atoms with E-state index in [9.17, 15) is 9.59 Å². The minimum absolute atomic E-state index is 0.182. The van der Waals surface area contributed by atoms with Gasteiger partial charge in [-0.15, -0.1) is 11.3 Å². The molecule has 0 saturated carbocycles. The molecule has 1 aliphatic rings. The topological polar surface area (TPSA) is 80.3 Å². The number of ether oxygens (including phenoxy) is 1. The van der Waals surface area contributed by atoms with Gasteiger partial charge in [0.1, 0.15) is 5.69 Å². The molecule has 1 aromatic rings. The zero-order valence-electron chi connectivity index (χ0n) is 10.8. The standard InChI is InChI=1S/C12H17N3O3S/c1-2-18-12(17)11-15-9(7-19-11)10(16)14-8-3-5-13-6-4-8/h7-8,13H,2-6H2,1H3,(H,14,16). The van der Waals surface area contributed by atoms with Crippen molar-refractivity contribution in [1.82, 2.24) is 15.6 Å². The minimum atomic E-state index is -0.478. The predicted octanol–water partition coefficient (Wildman–Crippen LogP) is 0.802. The van der Waals surface area contributed by atoms with Crippen LogP contribution in [-0.2, 0) is 4.74 Å². The van der Waals surface area contributed by atoms with E-state index in [1.807, 2.05) is 0 Å². The van der Waals surface area contributed by atoms with Gasteiger partial charge in [0, 0.05) is 11.4 Å². The third-order valence-electron chi connectivity index (χ3n) is 2.86. The first-order valence-electron chi connectivity index (χ1n) is 6.35. The maximum absolute atomic E-state index is 12.0. The van der Waals surface area contributed by atoms with E-state index in [2.05, 4.69) is 15.6 Å². The number of esters is 1. The summed E-state index contributed by atoms with van der Waals surface area (Å²) in [7, 11) is 0. The predicted molar refractivity (Wildman–Crippen MR) is 71.4 cm³/mol. The quantitative estimate of drug-likeness (QED) is 0.799. The zero-order valence-corrected chi connectivity index (χ0v) is 11.6. The summed E-state index contributed by atoms with van der Waals surface area (Å²) in [6.45, 7) is 3.86. The molecular formula is C12H17N3O3S. The molecule has 0 unspecified atom stereocenters. The number of nitrogens with zero attached hydrogens (tertiary/aromatic N) is 1. The Morgan fingerprint density at radius 2 is 2.26 bits per heavy atom. The van der Waals surface area contributed by atoms with Gasteiger partial charge in [0.05, 0.1) is 6.61 Å². The van der Waals surface area contributed by atoms with Crippen LogP contribution in [0.1, 0.15) is 40.1 Å². The minimum Gasteiger partial charge on any atom is -0.461 e. The maximum atomic E-state index is 12.0. The Morgan fingerprint density at radius 1 is 1.53 bits per heavy atom. The van der Waals surface area contributed by atoms with Crippen molar-refractivity contribution in [2.75, 3.05) is 19.7 Å². The monoisotopic (exact) mass is 283 g/mol. The highest BCUT2D eigenvalue weighted by atomic mass is 32.1. The van der Waals surface area contributed by atoms with Gasteiger partial charge in [0.2, 0.25) is 5.01 Å². The number of thiazole rings is 1. The summed E-state index contributed by atoms with van der Waals surface area (Å²) < 4.78 is 4.84. The van der Waals surface area contributed by atoms with Crippen LogP contribution in [0.15, 0.2) is 5.38 Å². The number of rotatable bonds is 4. The first kappa shape index (κ1) is 14.0. The van der Waals surface area contributed by atoms with E-state index in [4.69, 9.17) is 4.74 Å². The molecule has 2 N–H and O–H groups in total. The Kier molecular flexibility index (Phi) is 4.86. The summed E-state index contributed by atoms with van der Waals surface area (Å²) in [5, 5.41) is 7.97. The van der Waals surface area contributed by atoms with Gasteiger partial charge in [-0.05, 0) is 32.9 Å². The third-order valence-corrected chi connectivity index (χ3v) is 3.68. The molecule has 2 rings (SSSR count). The number of nitrogens with one attached hydrogen (secondary N) is 2. The van der Waals surface area contributed by atoms with Crippen molar-refractivity contribution in [2.24, 2.45) is 0 Å². The normalized spacial score (nSPS) is 16.1. The highest BCUT2D eigenvalue weighted by Gasteiger charge is 2.20. The van der Waals surface area contributed by atoms with Crippen LogP contribution in [0.2, 0.25) is 0 Å². The highest BCUT2D eigenvalue weighted by molar-refractivity contribution is 7.11. The Labute approximate surface area is 115 Å². The van der Waals surface area contributed by atoms with Crippen molar-refractivity contribution in [2.45, 2.75) is 25.8 Å². The molecule has 1 aromatic heterocycles. The molecule has 2 heterocycles. The van der Waals surface area contributed by atoms with E-state index < -0.39 is 5.97 Å². The van der Waals surface area contributed by atoms with Crippen molar-refractivity contribution in [3.05, 3.63) is 16.1 Å². The van der Waals surface area contributed by atoms with E-state index in [0.29, 0.717) is 6.61 Å². The second-order valence-corrected chi connectivity index (χ2v) is 5.11. The van der Waals surface area contributed by atoms with Crippen LogP contribution in [0.25, 0.3) is 0 Å². The largest absolute Gasteiger partial charge is 0.461 e.